The summed E-state index contributed by atoms with van der Waals surface area (Å²) < 4.78 is 0. The van der Waals surface area contributed by atoms with Gasteiger partial charge in [-0.2, -0.15) is 0 Å². The van der Waals surface area contributed by atoms with Crippen LogP contribution in [0.15, 0.2) is 5.38 Å². The molecule has 0 radical (unpaired) electrons. The van der Waals surface area contributed by atoms with E-state index < -0.39 is 0 Å². The number of nitrogens with one attached hydrogen (secondary N) is 1. The summed E-state index contributed by atoms with van der Waals surface area (Å²) in [5.74, 6) is 1.89. The number of hydrogen-bond acceptors (Lipinski definition) is 3. The van der Waals surface area contributed by atoms with E-state index in [1.54, 1.807) is 0 Å². The van der Waals surface area contributed by atoms with Crippen LogP contribution in [0.2, 0.25) is 0 Å². The molecule has 5 heteroatoms. The van der Waals surface area contributed by atoms with E-state index in [0.717, 1.165) is 50.0 Å². The van der Waals surface area contributed by atoms with Crippen LogP contribution >= 0.6 is 23.7 Å². The van der Waals surface area contributed by atoms with Gasteiger partial charge in [-0.25, -0.2) is 0 Å². The number of halogens is 1. The van der Waals surface area contributed by atoms with Gasteiger partial charge in [0.15, 0.2) is 0 Å². The Labute approximate surface area is 142 Å². The number of rotatable bonds is 1. The van der Waals surface area contributed by atoms with Crippen LogP contribution in [0.3, 0.4) is 0 Å². The van der Waals surface area contributed by atoms with Gasteiger partial charge in [0, 0.05) is 23.3 Å². The maximum Gasteiger partial charge on any atom is 0.254 e. The Morgan fingerprint density at radius 1 is 1.14 bits per heavy atom. The van der Waals surface area contributed by atoms with Gasteiger partial charge in [0.25, 0.3) is 5.91 Å². The zero-order chi connectivity index (χ0) is 14.2. The lowest BCUT2D eigenvalue weighted by Gasteiger charge is -2.22. The zero-order valence-corrected chi connectivity index (χ0v) is 14.6. The molecule has 0 aromatic carbocycles. The zero-order valence-electron chi connectivity index (χ0n) is 13.0. The minimum atomic E-state index is 0. The first-order valence-corrected chi connectivity index (χ1v) is 9.30. The lowest BCUT2D eigenvalue weighted by molar-refractivity contribution is 0.0757. The molecule has 2 saturated heterocycles. The second kappa shape index (κ2) is 6.90. The summed E-state index contributed by atoms with van der Waals surface area (Å²) in [7, 11) is 0. The maximum atomic E-state index is 12.9. The molecular formula is C17H25ClN2OS. The normalized spacial score (nSPS) is 27.5. The van der Waals surface area contributed by atoms with Crippen molar-refractivity contribution in [3.63, 3.8) is 0 Å². The number of carbonyl (C=O) groups excluding carboxylic acids is 1. The first-order valence-electron chi connectivity index (χ1n) is 8.42. The van der Waals surface area contributed by atoms with Gasteiger partial charge in [-0.1, -0.05) is 0 Å². The number of hydrogen-bond donors (Lipinski definition) is 1. The topological polar surface area (TPSA) is 32.3 Å². The Kier molecular flexibility index (Phi) is 5.10. The van der Waals surface area contributed by atoms with Crippen molar-refractivity contribution in [2.75, 3.05) is 26.2 Å². The van der Waals surface area contributed by atoms with Crippen molar-refractivity contribution in [3.8, 4) is 0 Å². The van der Waals surface area contributed by atoms with Crippen molar-refractivity contribution >= 4 is 29.7 Å². The van der Waals surface area contributed by atoms with Crippen molar-refractivity contribution in [3.05, 3.63) is 21.4 Å². The third-order valence-electron chi connectivity index (χ3n) is 5.60. The van der Waals surface area contributed by atoms with E-state index in [1.807, 2.05) is 11.3 Å². The summed E-state index contributed by atoms with van der Waals surface area (Å²) in [6, 6.07) is 0. The molecule has 0 saturated carbocycles. The Bertz CT molecular complexity index is 531. The third kappa shape index (κ3) is 2.93. The first-order chi connectivity index (χ1) is 10.3. The van der Waals surface area contributed by atoms with E-state index in [-0.39, 0.29) is 12.4 Å². The molecule has 0 unspecified atom stereocenters. The van der Waals surface area contributed by atoms with Gasteiger partial charge < -0.3 is 10.2 Å². The highest BCUT2D eigenvalue weighted by Crippen LogP contribution is 2.32. The van der Waals surface area contributed by atoms with Crippen LogP contribution in [-0.2, 0) is 12.8 Å². The standard InChI is InChI=1S/C17H24N2OS.ClH/c20-17(15-11-21-16-4-2-1-3-14(15)16)19-7-5-12-9-18-10-13(12)6-8-19;/h11-13,18H,1-10H2;1H/t12-,13+;. The lowest BCUT2D eigenvalue weighted by Crippen LogP contribution is -2.33. The molecule has 1 aromatic heterocycles. The van der Waals surface area contributed by atoms with E-state index in [0.29, 0.717) is 5.91 Å². The van der Waals surface area contributed by atoms with Crippen molar-refractivity contribution in [2.45, 2.75) is 38.5 Å². The number of likely N-dealkylation sites (tertiary alicyclic amines) is 1. The molecule has 1 N–H and O–H groups in total. The highest BCUT2D eigenvalue weighted by molar-refractivity contribution is 7.10. The Balaban J connectivity index is 0.00000144. The number of fused-ring (bicyclic) bond motifs is 2. The van der Waals surface area contributed by atoms with E-state index in [9.17, 15) is 4.79 Å². The van der Waals surface area contributed by atoms with Crippen LogP contribution in [0.1, 0.15) is 46.5 Å². The lowest BCUT2D eigenvalue weighted by atomic mass is 9.92. The minimum Gasteiger partial charge on any atom is -0.339 e. The molecule has 3 heterocycles. The highest BCUT2D eigenvalue weighted by atomic mass is 35.5. The van der Waals surface area contributed by atoms with E-state index >= 15 is 0 Å². The minimum absolute atomic E-state index is 0. The van der Waals surface area contributed by atoms with Crippen LogP contribution in [0, 0.1) is 11.8 Å². The molecule has 0 spiro atoms. The van der Waals surface area contributed by atoms with Crippen LogP contribution in [-0.4, -0.2) is 37.0 Å². The molecule has 122 valence electrons. The predicted octanol–water partition coefficient (Wildman–Crippen LogP) is 3.12. The Morgan fingerprint density at radius 3 is 2.55 bits per heavy atom. The molecule has 2 aliphatic heterocycles. The highest BCUT2D eigenvalue weighted by Gasteiger charge is 2.32. The van der Waals surface area contributed by atoms with Crippen LogP contribution in [0.25, 0.3) is 0 Å². The Hall–Kier alpha value is -0.580. The fourth-order valence-electron chi connectivity index (χ4n) is 4.26. The van der Waals surface area contributed by atoms with Gasteiger partial charge in [0.05, 0.1) is 5.56 Å². The van der Waals surface area contributed by atoms with Crippen LogP contribution in [0.5, 0.6) is 0 Å². The molecule has 1 amide bonds. The summed E-state index contributed by atoms with van der Waals surface area (Å²) >= 11 is 1.81. The van der Waals surface area contributed by atoms with Crippen molar-refractivity contribution in [1.29, 1.82) is 0 Å². The predicted molar refractivity (Wildman–Crippen MR) is 93.2 cm³/mol. The fraction of sp³-hybridized carbons (Fsp3) is 0.706. The second-order valence-corrected chi connectivity index (χ2v) is 7.77. The maximum absolute atomic E-state index is 12.9. The van der Waals surface area contributed by atoms with Crippen LogP contribution < -0.4 is 5.32 Å². The number of aryl methyl sites for hydroxylation is 1. The first kappa shape index (κ1) is 16.3. The summed E-state index contributed by atoms with van der Waals surface area (Å²) in [5.41, 5.74) is 2.40. The summed E-state index contributed by atoms with van der Waals surface area (Å²) in [6.07, 6.45) is 7.19. The molecule has 1 aliphatic carbocycles. The largest absolute Gasteiger partial charge is 0.339 e. The summed E-state index contributed by atoms with van der Waals surface area (Å²) in [4.78, 5) is 16.5. The summed E-state index contributed by atoms with van der Waals surface area (Å²) in [6.45, 7) is 4.21. The quantitative estimate of drug-likeness (QED) is 0.852. The van der Waals surface area contributed by atoms with Gasteiger partial charge in [0.1, 0.15) is 0 Å². The fourth-order valence-corrected chi connectivity index (χ4v) is 5.38. The van der Waals surface area contributed by atoms with E-state index in [1.165, 1.54) is 42.5 Å². The summed E-state index contributed by atoms with van der Waals surface area (Å²) in [5, 5.41) is 5.63. The van der Waals surface area contributed by atoms with Gasteiger partial charge in [-0.3, -0.25) is 4.79 Å². The molecule has 4 rings (SSSR count). The van der Waals surface area contributed by atoms with Gasteiger partial charge >= 0.3 is 0 Å². The molecule has 3 aliphatic rings. The second-order valence-electron chi connectivity index (χ2n) is 6.81. The number of amides is 1. The Morgan fingerprint density at radius 2 is 1.82 bits per heavy atom. The average Bonchev–Trinajstić information content (AvgIpc) is 3.09. The van der Waals surface area contributed by atoms with Crippen LogP contribution in [0.4, 0.5) is 0 Å². The molecule has 2 fully saturated rings. The number of carbonyl (C=O) groups is 1. The van der Waals surface area contributed by atoms with Gasteiger partial charge in [0.2, 0.25) is 0 Å². The molecule has 3 nitrogen and oxygen atoms in total. The number of nitrogens with zero attached hydrogens (tertiary/aromatic N) is 1. The van der Waals surface area contributed by atoms with Gasteiger partial charge in [-0.15, -0.1) is 23.7 Å². The molecule has 0 bridgehead atoms. The van der Waals surface area contributed by atoms with Gasteiger partial charge in [-0.05, 0) is 69.0 Å². The molecule has 1 aromatic rings. The molecule has 2 atom stereocenters. The van der Waals surface area contributed by atoms with E-state index in [2.05, 4.69) is 15.6 Å². The number of thiophene rings is 1. The van der Waals surface area contributed by atoms with E-state index in [4.69, 9.17) is 0 Å². The smallest absolute Gasteiger partial charge is 0.254 e. The van der Waals surface area contributed by atoms with Crippen molar-refractivity contribution < 1.29 is 4.79 Å². The van der Waals surface area contributed by atoms with Crippen molar-refractivity contribution in [2.24, 2.45) is 11.8 Å². The SMILES string of the molecule is Cl.O=C(c1csc2c1CCCC2)N1CC[C@@H]2CNC[C@@H]2CC1. The monoisotopic (exact) mass is 340 g/mol. The third-order valence-corrected chi connectivity index (χ3v) is 6.69. The molecule has 22 heavy (non-hydrogen) atoms. The van der Waals surface area contributed by atoms with Crippen molar-refractivity contribution in [1.82, 2.24) is 10.2 Å². The molecular weight excluding hydrogens is 316 g/mol. The average molecular weight is 341 g/mol.